The van der Waals surface area contributed by atoms with E-state index in [-0.39, 0.29) is 18.4 Å². The minimum atomic E-state index is -0.718. The Labute approximate surface area is 138 Å². The van der Waals surface area contributed by atoms with Crippen molar-refractivity contribution in [3.63, 3.8) is 0 Å². The van der Waals surface area contributed by atoms with Gasteiger partial charge in [0.2, 0.25) is 5.91 Å². The van der Waals surface area contributed by atoms with Gasteiger partial charge in [0, 0.05) is 18.5 Å². The molecule has 1 saturated heterocycles. The van der Waals surface area contributed by atoms with Crippen LogP contribution >= 0.6 is 0 Å². The van der Waals surface area contributed by atoms with Crippen LogP contribution in [0.4, 0.5) is 0 Å². The second-order valence-electron chi connectivity index (χ2n) is 6.44. The molecule has 1 aromatic rings. The molecule has 0 saturated carbocycles. The van der Waals surface area contributed by atoms with E-state index in [9.17, 15) is 9.90 Å². The van der Waals surface area contributed by atoms with Crippen molar-refractivity contribution in [3.05, 3.63) is 29.8 Å². The molecule has 0 spiro atoms. The molecule has 128 valence electrons. The molecule has 1 amide bonds. The molecule has 0 aromatic heterocycles. The van der Waals surface area contributed by atoms with Gasteiger partial charge in [-0.2, -0.15) is 0 Å². The number of nitrogens with one attached hydrogen (secondary N) is 1. The van der Waals surface area contributed by atoms with E-state index in [1.807, 2.05) is 18.2 Å². The van der Waals surface area contributed by atoms with Crippen molar-refractivity contribution in [2.24, 2.45) is 5.92 Å². The summed E-state index contributed by atoms with van der Waals surface area (Å²) in [7, 11) is 1.59. The second-order valence-corrected chi connectivity index (χ2v) is 6.44. The van der Waals surface area contributed by atoms with Crippen LogP contribution in [0.1, 0.15) is 38.4 Å². The number of carbonyl (C=O) groups excluding carboxylic acids is 1. The highest BCUT2D eigenvalue weighted by atomic mass is 16.5. The number of hydrogen-bond acceptors (Lipinski definition) is 4. The van der Waals surface area contributed by atoms with Crippen LogP contribution in [0.25, 0.3) is 0 Å². The first-order valence-electron chi connectivity index (χ1n) is 8.35. The molecule has 0 bridgehead atoms. The van der Waals surface area contributed by atoms with Gasteiger partial charge in [-0.15, -0.1) is 0 Å². The summed E-state index contributed by atoms with van der Waals surface area (Å²) < 4.78 is 5.15. The molecule has 0 aliphatic carbocycles. The average Bonchev–Trinajstić information content (AvgIpc) is 2.59. The molecule has 1 heterocycles. The highest BCUT2D eigenvalue weighted by Gasteiger charge is 2.26. The van der Waals surface area contributed by atoms with Crippen molar-refractivity contribution in [2.75, 3.05) is 26.7 Å². The van der Waals surface area contributed by atoms with Gasteiger partial charge in [-0.25, -0.2) is 0 Å². The molecule has 1 aliphatic rings. The summed E-state index contributed by atoms with van der Waals surface area (Å²) in [5.74, 6) is 0.812. The molecule has 5 heteroatoms. The van der Waals surface area contributed by atoms with E-state index in [4.69, 9.17) is 4.74 Å². The van der Waals surface area contributed by atoms with E-state index < -0.39 is 6.10 Å². The van der Waals surface area contributed by atoms with Gasteiger partial charge in [-0.1, -0.05) is 12.1 Å². The summed E-state index contributed by atoms with van der Waals surface area (Å²) in [6, 6.07) is 7.82. The highest BCUT2D eigenvalue weighted by molar-refractivity contribution is 5.78. The largest absolute Gasteiger partial charge is 0.497 e. The van der Waals surface area contributed by atoms with Crippen molar-refractivity contribution in [3.8, 4) is 5.75 Å². The van der Waals surface area contributed by atoms with Gasteiger partial charge in [0.15, 0.2) is 0 Å². The number of hydrogen-bond donors (Lipinski definition) is 2. The van der Waals surface area contributed by atoms with Crippen LogP contribution in [0.3, 0.4) is 0 Å². The lowest BCUT2D eigenvalue weighted by atomic mass is 9.95. The first-order valence-corrected chi connectivity index (χ1v) is 8.35. The van der Waals surface area contributed by atoms with Crippen molar-refractivity contribution in [2.45, 2.75) is 38.8 Å². The molecule has 23 heavy (non-hydrogen) atoms. The van der Waals surface area contributed by atoms with E-state index in [2.05, 4.69) is 24.1 Å². The van der Waals surface area contributed by atoms with Crippen LogP contribution in [-0.2, 0) is 4.79 Å². The van der Waals surface area contributed by atoms with Gasteiger partial charge in [0.05, 0.1) is 13.2 Å². The SMILES string of the molecule is COc1cccc(C(O)CNC(=O)C2CCN(C(C)C)CC2)c1. The topological polar surface area (TPSA) is 61.8 Å². The minimum Gasteiger partial charge on any atom is -0.497 e. The molecule has 1 aromatic carbocycles. The molecule has 1 fully saturated rings. The quantitative estimate of drug-likeness (QED) is 0.841. The number of ether oxygens (including phenoxy) is 1. The highest BCUT2D eigenvalue weighted by Crippen LogP contribution is 2.21. The Bertz CT molecular complexity index is 511. The maximum absolute atomic E-state index is 12.3. The number of methoxy groups -OCH3 is 1. The molecule has 0 radical (unpaired) electrons. The Morgan fingerprint density at radius 3 is 2.70 bits per heavy atom. The number of amides is 1. The van der Waals surface area contributed by atoms with Crippen LogP contribution in [-0.4, -0.2) is 48.7 Å². The van der Waals surface area contributed by atoms with E-state index in [0.29, 0.717) is 11.8 Å². The third-order valence-electron chi connectivity index (χ3n) is 4.58. The zero-order chi connectivity index (χ0) is 16.8. The number of rotatable bonds is 6. The number of carbonyl (C=O) groups is 1. The zero-order valence-electron chi connectivity index (χ0n) is 14.3. The predicted octanol–water partition coefficient (Wildman–Crippen LogP) is 1.97. The molecule has 2 rings (SSSR count). The molecular formula is C18H28N2O3. The molecule has 1 aliphatic heterocycles. The second kappa shape index (κ2) is 8.31. The normalized spacial score (nSPS) is 18.0. The third-order valence-corrected chi connectivity index (χ3v) is 4.58. The van der Waals surface area contributed by atoms with Crippen molar-refractivity contribution in [1.82, 2.24) is 10.2 Å². The van der Waals surface area contributed by atoms with Crippen LogP contribution in [0, 0.1) is 5.92 Å². The molecular weight excluding hydrogens is 292 g/mol. The van der Waals surface area contributed by atoms with Crippen molar-refractivity contribution >= 4 is 5.91 Å². The van der Waals surface area contributed by atoms with Gasteiger partial charge in [0.25, 0.3) is 0 Å². The first kappa shape index (κ1) is 17.8. The number of aliphatic hydroxyl groups excluding tert-OH is 1. The van der Waals surface area contributed by atoms with E-state index in [0.717, 1.165) is 31.5 Å². The standard InChI is InChI=1S/C18H28N2O3/c1-13(2)20-9-7-14(8-10-20)18(22)19-12-17(21)15-5-4-6-16(11-15)23-3/h4-6,11,13-14,17,21H,7-10,12H2,1-3H3,(H,19,22). The number of piperidine rings is 1. The fraction of sp³-hybridized carbons (Fsp3) is 0.611. The van der Waals surface area contributed by atoms with Crippen LogP contribution < -0.4 is 10.1 Å². The minimum absolute atomic E-state index is 0.0513. The fourth-order valence-electron chi connectivity index (χ4n) is 2.99. The summed E-state index contributed by atoms with van der Waals surface area (Å²) in [6.07, 6.45) is 1.06. The summed E-state index contributed by atoms with van der Waals surface area (Å²) in [5, 5.41) is 13.1. The van der Waals surface area contributed by atoms with Gasteiger partial charge in [-0.3, -0.25) is 4.79 Å². The summed E-state index contributed by atoms with van der Waals surface area (Å²) in [5.41, 5.74) is 0.749. The van der Waals surface area contributed by atoms with Crippen molar-refractivity contribution in [1.29, 1.82) is 0 Å². The lowest BCUT2D eigenvalue weighted by Crippen LogP contribution is -2.43. The Hall–Kier alpha value is -1.59. The molecule has 2 N–H and O–H groups in total. The molecule has 5 nitrogen and oxygen atoms in total. The maximum atomic E-state index is 12.3. The Morgan fingerprint density at radius 2 is 2.09 bits per heavy atom. The van der Waals surface area contributed by atoms with E-state index >= 15 is 0 Å². The number of benzene rings is 1. The maximum Gasteiger partial charge on any atom is 0.223 e. The summed E-state index contributed by atoms with van der Waals surface area (Å²) in [4.78, 5) is 14.7. The Kier molecular flexibility index (Phi) is 6.42. The lowest BCUT2D eigenvalue weighted by Gasteiger charge is -2.34. The lowest BCUT2D eigenvalue weighted by molar-refractivity contribution is -0.127. The van der Waals surface area contributed by atoms with Gasteiger partial charge in [-0.05, 0) is 57.5 Å². The van der Waals surface area contributed by atoms with Crippen LogP contribution in [0.15, 0.2) is 24.3 Å². The smallest absolute Gasteiger partial charge is 0.223 e. The van der Waals surface area contributed by atoms with Gasteiger partial charge >= 0.3 is 0 Å². The Balaban J connectivity index is 1.80. The number of aliphatic hydroxyl groups is 1. The molecule has 1 unspecified atom stereocenters. The van der Waals surface area contributed by atoms with Gasteiger partial charge < -0.3 is 20.1 Å². The third kappa shape index (κ3) is 4.94. The van der Waals surface area contributed by atoms with Crippen molar-refractivity contribution < 1.29 is 14.6 Å². The fourth-order valence-corrected chi connectivity index (χ4v) is 2.99. The number of nitrogens with zero attached hydrogens (tertiary/aromatic N) is 1. The number of likely N-dealkylation sites (tertiary alicyclic amines) is 1. The van der Waals surface area contributed by atoms with Gasteiger partial charge in [0.1, 0.15) is 5.75 Å². The zero-order valence-corrected chi connectivity index (χ0v) is 14.3. The summed E-state index contributed by atoms with van der Waals surface area (Å²) >= 11 is 0. The van der Waals surface area contributed by atoms with Crippen LogP contribution in [0.5, 0.6) is 5.75 Å². The average molecular weight is 320 g/mol. The van der Waals surface area contributed by atoms with E-state index in [1.165, 1.54) is 0 Å². The molecule has 1 atom stereocenters. The Morgan fingerprint density at radius 1 is 1.39 bits per heavy atom. The monoisotopic (exact) mass is 320 g/mol. The van der Waals surface area contributed by atoms with Crippen LogP contribution in [0.2, 0.25) is 0 Å². The first-order chi connectivity index (χ1) is 11.0. The summed E-state index contributed by atoms with van der Waals surface area (Å²) in [6.45, 7) is 6.54. The predicted molar refractivity (Wildman–Crippen MR) is 90.4 cm³/mol. The van der Waals surface area contributed by atoms with E-state index in [1.54, 1.807) is 13.2 Å².